The molecule has 0 aliphatic carbocycles. The van der Waals surface area contributed by atoms with Crippen LogP contribution < -0.4 is 4.72 Å². The van der Waals surface area contributed by atoms with Crippen LogP contribution in [0.4, 0.5) is 5.69 Å². The molecular weight excluding hydrogens is 412 g/mol. The molecule has 0 bridgehead atoms. The smallest absolute Gasteiger partial charge is 0.326 e. The van der Waals surface area contributed by atoms with Crippen molar-refractivity contribution in [3.63, 3.8) is 0 Å². The molecule has 160 valence electrons. The van der Waals surface area contributed by atoms with E-state index in [4.69, 9.17) is 4.74 Å². The predicted molar refractivity (Wildman–Crippen MR) is 123 cm³/mol. The fourth-order valence-electron chi connectivity index (χ4n) is 3.62. The van der Waals surface area contributed by atoms with E-state index < -0.39 is 21.6 Å². The van der Waals surface area contributed by atoms with Crippen molar-refractivity contribution in [3.8, 4) is 0 Å². The molecule has 0 spiro atoms. The number of carbonyl (C=O) groups is 1. The number of hydrogen-bond acceptors (Lipinski definition) is 4. The van der Waals surface area contributed by atoms with Gasteiger partial charge in [-0.1, -0.05) is 48.5 Å². The second kappa shape index (κ2) is 7.74. The fraction of sp³-hybridized carbons (Fsp3) is 0.208. The van der Waals surface area contributed by atoms with Crippen molar-refractivity contribution < 1.29 is 17.9 Å². The molecule has 31 heavy (non-hydrogen) atoms. The van der Waals surface area contributed by atoms with Gasteiger partial charge in [0.2, 0.25) is 0 Å². The van der Waals surface area contributed by atoms with Gasteiger partial charge in [-0.25, -0.2) is 8.42 Å². The Bertz CT molecular complexity index is 1380. The van der Waals surface area contributed by atoms with Gasteiger partial charge >= 0.3 is 5.97 Å². The first-order chi connectivity index (χ1) is 14.6. The number of sulfonamides is 1. The van der Waals surface area contributed by atoms with Gasteiger partial charge in [0.15, 0.2) is 0 Å². The highest BCUT2D eigenvalue weighted by Crippen LogP contribution is 2.29. The Morgan fingerprint density at radius 1 is 0.935 bits per heavy atom. The van der Waals surface area contributed by atoms with E-state index in [1.54, 1.807) is 41.1 Å². The molecule has 0 fully saturated rings. The molecule has 4 aromatic rings. The molecule has 0 saturated carbocycles. The van der Waals surface area contributed by atoms with Gasteiger partial charge in [0.1, 0.15) is 12.1 Å². The maximum atomic E-state index is 13.3. The number of para-hydroxylation sites is 1. The molecule has 7 heteroatoms. The number of aromatic nitrogens is 1. The van der Waals surface area contributed by atoms with E-state index >= 15 is 0 Å². The lowest BCUT2D eigenvalue weighted by Crippen LogP contribution is -2.26. The van der Waals surface area contributed by atoms with Crippen LogP contribution in [0.15, 0.2) is 77.8 Å². The summed E-state index contributed by atoms with van der Waals surface area (Å²) >= 11 is 0. The van der Waals surface area contributed by atoms with Gasteiger partial charge < -0.3 is 9.30 Å². The Morgan fingerprint density at radius 2 is 1.61 bits per heavy atom. The van der Waals surface area contributed by atoms with Gasteiger partial charge in [-0.15, -0.1) is 0 Å². The molecule has 0 radical (unpaired) electrons. The summed E-state index contributed by atoms with van der Waals surface area (Å²) in [6.45, 7) is 5.40. The lowest BCUT2D eigenvalue weighted by atomic mass is 10.1. The summed E-state index contributed by atoms with van der Waals surface area (Å²) in [5, 5.41) is 2.31. The number of ether oxygens (including phenoxy) is 1. The SMILES string of the molecule is CC(C)(C)OC(=O)Cn1ccc2cccc(NS(=O)(=O)c3cccc4ccccc34)c21. The van der Waals surface area contributed by atoms with E-state index in [-0.39, 0.29) is 11.4 Å². The topological polar surface area (TPSA) is 77.4 Å². The third-order valence-electron chi connectivity index (χ3n) is 4.79. The summed E-state index contributed by atoms with van der Waals surface area (Å²) < 4.78 is 36.4. The monoisotopic (exact) mass is 436 g/mol. The van der Waals surface area contributed by atoms with Crippen molar-refractivity contribution in [1.29, 1.82) is 0 Å². The lowest BCUT2D eigenvalue weighted by molar-refractivity contribution is -0.155. The van der Waals surface area contributed by atoms with Crippen molar-refractivity contribution in [2.75, 3.05) is 4.72 Å². The number of fused-ring (bicyclic) bond motifs is 2. The highest BCUT2D eigenvalue weighted by atomic mass is 32.2. The molecule has 4 rings (SSSR count). The molecule has 0 aliphatic heterocycles. The summed E-state index contributed by atoms with van der Waals surface area (Å²) in [5.74, 6) is -0.392. The molecule has 0 unspecified atom stereocenters. The summed E-state index contributed by atoms with van der Waals surface area (Å²) in [5.41, 5.74) is 0.426. The number of benzene rings is 3. The molecule has 1 N–H and O–H groups in total. The predicted octanol–water partition coefficient (Wildman–Crippen LogP) is 4.94. The van der Waals surface area contributed by atoms with E-state index in [0.29, 0.717) is 16.6 Å². The fourth-order valence-corrected chi connectivity index (χ4v) is 4.92. The second-order valence-corrected chi connectivity index (χ2v) is 10.0. The Labute approximate surface area is 181 Å². The van der Waals surface area contributed by atoms with Crippen molar-refractivity contribution in [2.45, 2.75) is 37.8 Å². The zero-order valence-corrected chi connectivity index (χ0v) is 18.4. The van der Waals surface area contributed by atoms with Crippen LogP contribution >= 0.6 is 0 Å². The average molecular weight is 437 g/mol. The zero-order valence-electron chi connectivity index (χ0n) is 17.6. The molecule has 0 aliphatic rings. The molecule has 0 atom stereocenters. The van der Waals surface area contributed by atoms with Gasteiger partial charge in [0.05, 0.1) is 16.1 Å². The summed E-state index contributed by atoms with van der Waals surface area (Å²) in [6, 6.07) is 19.7. The first-order valence-corrected chi connectivity index (χ1v) is 11.4. The number of nitrogens with zero attached hydrogens (tertiary/aromatic N) is 1. The Hall–Kier alpha value is -3.32. The first-order valence-electron chi connectivity index (χ1n) is 9.94. The highest BCUT2D eigenvalue weighted by Gasteiger charge is 2.21. The van der Waals surface area contributed by atoms with Gasteiger partial charge in [-0.2, -0.15) is 0 Å². The minimum absolute atomic E-state index is 0.0201. The maximum Gasteiger partial charge on any atom is 0.326 e. The van der Waals surface area contributed by atoms with E-state index in [9.17, 15) is 13.2 Å². The van der Waals surface area contributed by atoms with E-state index in [1.165, 1.54) is 0 Å². The number of esters is 1. The zero-order chi connectivity index (χ0) is 22.2. The van der Waals surface area contributed by atoms with E-state index in [0.717, 1.165) is 10.8 Å². The number of carbonyl (C=O) groups excluding carboxylic acids is 1. The van der Waals surface area contributed by atoms with Gasteiger partial charge in [0, 0.05) is 17.0 Å². The molecule has 0 amide bonds. The van der Waals surface area contributed by atoms with Crippen molar-refractivity contribution in [2.24, 2.45) is 0 Å². The van der Waals surface area contributed by atoms with Crippen LogP contribution in [0.3, 0.4) is 0 Å². The lowest BCUT2D eigenvalue weighted by Gasteiger charge is -2.20. The minimum Gasteiger partial charge on any atom is -0.459 e. The van der Waals surface area contributed by atoms with Crippen LogP contribution in [0.2, 0.25) is 0 Å². The van der Waals surface area contributed by atoms with Crippen LogP contribution in [0.25, 0.3) is 21.7 Å². The molecule has 1 aromatic heterocycles. The van der Waals surface area contributed by atoms with E-state index in [2.05, 4.69) is 4.72 Å². The standard InChI is InChI=1S/C24H24N2O4S/c1-24(2,3)30-22(27)16-26-15-14-18-10-6-12-20(23(18)26)25-31(28,29)21-13-7-9-17-8-4-5-11-19(17)21/h4-15,25H,16H2,1-3H3. The molecule has 3 aromatic carbocycles. The number of nitrogens with one attached hydrogen (secondary N) is 1. The minimum atomic E-state index is -3.86. The molecule has 6 nitrogen and oxygen atoms in total. The van der Waals surface area contributed by atoms with Gasteiger partial charge in [-0.05, 0) is 44.4 Å². The molecular formula is C24H24N2O4S. The van der Waals surface area contributed by atoms with Crippen molar-refractivity contribution in [1.82, 2.24) is 4.57 Å². The number of rotatable bonds is 5. The third kappa shape index (κ3) is 4.41. The first kappa shape index (κ1) is 20.9. The second-order valence-electron chi connectivity index (χ2n) is 8.36. The summed E-state index contributed by atoms with van der Waals surface area (Å²) in [6.07, 6.45) is 1.75. The van der Waals surface area contributed by atoms with Gasteiger partial charge in [0.25, 0.3) is 10.0 Å². The average Bonchev–Trinajstić information content (AvgIpc) is 3.09. The number of hydrogen-bond donors (Lipinski definition) is 1. The molecule has 0 saturated heterocycles. The van der Waals surface area contributed by atoms with Gasteiger partial charge in [-0.3, -0.25) is 9.52 Å². The third-order valence-corrected chi connectivity index (χ3v) is 6.22. The van der Waals surface area contributed by atoms with Crippen LogP contribution in [0, 0.1) is 0 Å². The maximum absolute atomic E-state index is 13.3. The Balaban J connectivity index is 1.73. The Kier molecular flexibility index (Phi) is 5.23. The van der Waals surface area contributed by atoms with Crippen molar-refractivity contribution >= 4 is 43.4 Å². The van der Waals surface area contributed by atoms with Crippen LogP contribution in [-0.2, 0) is 26.1 Å². The quantitative estimate of drug-likeness (QED) is 0.450. The summed E-state index contributed by atoms with van der Waals surface area (Å²) in [7, 11) is -3.86. The largest absolute Gasteiger partial charge is 0.459 e. The summed E-state index contributed by atoms with van der Waals surface area (Å²) in [4.78, 5) is 12.6. The van der Waals surface area contributed by atoms with Crippen LogP contribution in [0.1, 0.15) is 20.8 Å². The highest BCUT2D eigenvalue weighted by molar-refractivity contribution is 7.93. The van der Waals surface area contributed by atoms with E-state index in [1.807, 2.05) is 57.2 Å². The van der Waals surface area contributed by atoms with Crippen LogP contribution in [0.5, 0.6) is 0 Å². The number of anilines is 1. The van der Waals surface area contributed by atoms with Crippen molar-refractivity contribution in [3.05, 3.63) is 72.9 Å². The normalized spacial score (nSPS) is 12.2. The molecule has 1 heterocycles. The van der Waals surface area contributed by atoms with Crippen LogP contribution in [-0.4, -0.2) is 24.6 Å². The Morgan fingerprint density at radius 3 is 2.39 bits per heavy atom.